The fourth-order valence-corrected chi connectivity index (χ4v) is 1.68. The summed E-state index contributed by atoms with van der Waals surface area (Å²) in [7, 11) is 0. The number of benzene rings is 2. The molecule has 1 unspecified atom stereocenters. The van der Waals surface area contributed by atoms with Gasteiger partial charge in [0.1, 0.15) is 11.6 Å². The molecule has 0 saturated heterocycles. The second kappa shape index (κ2) is 5.40. The van der Waals surface area contributed by atoms with Crippen molar-refractivity contribution in [1.82, 2.24) is 0 Å². The minimum atomic E-state index is -0.793. The van der Waals surface area contributed by atoms with Crippen LogP contribution in [-0.2, 0) is 9.53 Å². The van der Waals surface area contributed by atoms with Crippen LogP contribution in [0.2, 0.25) is 0 Å². The van der Waals surface area contributed by atoms with Gasteiger partial charge in [-0.1, -0.05) is 24.3 Å². The molecule has 0 saturated carbocycles. The average molecular weight is 247 g/mol. The van der Waals surface area contributed by atoms with Crippen molar-refractivity contribution >= 4 is 6.47 Å². The van der Waals surface area contributed by atoms with Crippen LogP contribution in [-0.4, -0.2) is 6.47 Å². The maximum atomic E-state index is 13.1. The number of ether oxygens (including phenoxy) is 1. The zero-order valence-electron chi connectivity index (χ0n) is 9.27. The smallest absolute Gasteiger partial charge is 0.418 e. The van der Waals surface area contributed by atoms with Crippen molar-refractivity contribution < 1.29 is 18.3 Å². The van der Waals surface area contributed by atoms with Gasteiger partial charge in [0, 0.05) is 0 Å². The van der Waals surface area contributed by atoms with Gasteiger partial charge in [0.2, 0.25) is 0 Å². The molecule has 0 aliphatic carbocycles. The molecule has 0 amide bonds. The first-order chi connectivity index (χ1) is 8.70. The highest BCUT2D eigenvalue weighted by molar-refractivity contribution is 5.42. The van der Waals surface area contributed by atoms with Gasteiger partial charge in [-0.3, -0.25) is 0 Å². The Bertz CT molecular complexity index is 538. The first-order valence-electron chi connectivity index (χ1n) is 5.24. The summed E-state index contributed by atoms with van der Waals surface area (Å²) < 4.78 is 30.8. The summed E-state index contributed by atoms with van der Waals surface area (Å²) in [5.41, 5.74) is 1.01. The number of rotatable bonds is 4. The van der Waals surface area contributed by atoms with E-state index in [9.17, 15) is 13.6 Å². The van der Waals surface area contributed by atoms with E-state index in [0.29, 0.717) is 11.1 Å². The Hall–Kier alpha value is -2.23. The lowest BCUT2D eigenvalue weighted by Gasteiger charge is -2.15. The molecule has 0 spiro atoms. The Balaban J connectivity index is 2.39. The fraction of sp³-hybridized carbons (Fsp3) is 0.0714. The van der Waals surface area contributed by atoms with Crippen LogP contribution >= 0.6 is 0 Å². The lowest BCUT2D eigenvalue weighted by atomic mass is 10.0. The molecule has 2 aromatic carbocycles. The number of carbonyl (C=O) groups excluding carboxylic acids is 1. The molecule has 1 radical (unpaired) electrons. The molecule has 0 N–H and O–H groups in total. The normalized spacial score (nSPS) is 11.9. The fourth-order valence-electron chi connectivity index (χ4n) is 1.68. The molecule has 0 heterocycles. The molecule has 2 aromatic rings. The highest BCUT2D eigenvalue weighted by atomic mass is 19.1. The van der Waals surface area contributed by atoms with Gasteiger partial charge in [0.25, 0.3) is 0 Å². The molecule has 0 bridgehead atoms. The minimum Gasteiger partial charge on any atom is -0.444 e. The molecule has 4 heteroatoms. The maximum absolute atomic E-state index is 13.1. The zero-order valence-corrected chi connectivity index (χ0v) is 9.27. The molecule has 2 rings (SSSR count). The van der Waals surface area contributed by atoms with E-state index in [2.05, 4.69) is 0 Å². The monoisotopic (exact) mass is 247 g/mol. The first kappa shape index (κ1) is 12.2. The van der Waals surface area contributed by atoms with E-state index in [1.807, 2.05) is 0 Å². The van der Waals surface area contributed by atoms with Crippen molar-refractivity contribution in [3.63, 3.8) is 0 Å². The molecule has 0 fully saturated rings. The number of halogens is 2. The molecular weight excluding hydrogens is 238 g/mol. The quantitative estimate of drug-likeness (QED) is 0.829. The molecule has 1 atom stereocenters. The van der Waals surface area contributed by atoms with Gasteiger partial charge in [0.15, 0.2) is 6.10 Å². The van der Waals surface area contributed by atoms with Crippen molar-refractivity contribution in [2.75, 3.05) is 0 Å². The van der Waals surface area contributed by atoms with Crippen LogP contribution in [0.25, 0.3) is 0 Å². The van der Waals surface area contributed by atoms with Crippen molar-refractivity contribution in [2.45, 2.75) is 6.10 Å². The van der Waals surface area contributed by atoms with Gasteiger partial charge < -0.3 is 4.74 Å². The summed E-state index contributed by atoms with van der Waals surface area (Å²) in [6.07, 6.45) is -0.793. The van der Waals surface area contributed by atoms with E-state index in [-0.39, 0.29) is 0 Å². The molecule has 18 heavy (non-hydrogen) atoms. The van der Waals surface area contributed by atoms with Crippen LogP contribution < -0.4 is 0 Å². The van der Waals surface area contributed by atoms with E-state index >= 15 is 0 Å². The topological polar surface area (TPSA) is 26.3 Å². The van der Waals surface area contributed by atoms with Crippen molar-refractivity contribution in [3.8, 4) is 0 Å². The molecule has 0 aromatic heterocycles. The Morgan fingerprint density at radius 2 is 1.67 bits per heavy atom. The van der Waals surface area contributed by atoms with Gasteiger partial charge in [0.05, 0.1) is 0 Å². The predicted octanol–water partition coefficient (Wildman–Crippen LogP) is 3.14. The van der Waals surface area contributed by atoms with Crippen LogP contribution in [0.15, 0.2) is 48.5 Å². The standard InChI is InChI=1S/C14H9F2O2/c15-12-6-4-10(5-7-12)14(18-9-17)11-2-1-3-13(16)8-11/h1-8,14H. The van der Waals surface area contributed by atoms with Crippen LogP contribution in [0.1, 0.15) is 17.2 Å². The Morgan fingerprint density at radius 1 is 0.944 bits per heavy atom. The number of hydrogen-bond donors (Lipinski definition) is 0. The summed E-state index contributed by atoms with van der Waals surface area (Å²) in [6.45, 7) is 1.33. The third kappa shape index (κ3) is 2.71. The van der Waals surface area contributed by atoms with E-state index in [1.54, 1.807) is 6.07 Å². The summed E-state index contributed by atoms with van der Waals surface area (Å²) in [6, 6.07) is 11.1. The van der Waals surface area contributed by atoms with Crippen molar-refractivity contribution in [3.05, 3.63) is 71.3 Å². The predicted molar refractivity (Wildman–Crippen MR) is 61.4 cm³/mol. The van der Waals surface area contributed by atoms with Crippen LogP contribution in [0, 0.1) is 11.6 Å². The first-order valence-corrected chi connectivity index (χ1v) is 5.24. The van der Waals surface area contributed by atoms with Gasteiger partial charge in [-0.05, 0) is 35.4 Å². The molecular formula is C14H9F2O2. The molecule has 0 aliphatic heterocycles. The number of hydrogen-bond acceptors (Lipinski definition) is 2. The largest absolute Gasteiger partial charge is 0.444 e. The lowest BCUT2D eigenvalue weighted by Crippen LogP contribution is -2.05. The Labute approximate surface area is 103 Å². The third-order valence-electron chi connectivity index (χ3n) is 2.49. The van der Waals surface area contributed by atoms with Crippen molar-refractivity contribution in [2.24, 2.45) is 0 Å². The highest BCUT2D eigenvalue weighted by Crippen LogP contribution is 2.25. The highest BCUT2D eigenvalue weighted by Gasteiger charge is 2.16. The van der Waals surface area contributed by atoms with E-state index in [4.69, 9.17) is 4.74 Å². The summed E-state index contributed by atoms with van der Waals surface area (Å²) in [4.78, 5) is 10.4. The lowest BCUT2D eigenvalue weighted by molar-refractivity contribution is 0.215. The van der Waals surface area contributed by atoms with E-state index < -0.39 is 17.7 Å². The Morgan fingerprint density at radius 3 is 2.28 bits per heavy atom. The molecule has 0 aliphatic rings. The summed E-state index contributed by atoms with van der Waals surface area (Å²) in [5.74, 6) is -0.832. The van der Waals surface area contributed by atoms with Crippen LogP contribution in [0.3, 0.4) is 0 Å². The summed E-state index contributed by atoms with van der Waals surface area (Å²) in [5, 5.41) is 0. The van der Waals surface area contributed by atoms with Crippen LogP contribution in [0.5, 0.6) is 0 Å². The van der Waals surface area contributed by atoms with Gasteiger partial charge >= 0.3 is 6.47 Å². The van der Waals surface area contributed by atoms with E-state index in [0.717, 1.165) is 0 Å². The molecule has 2 nitrogen and oxygen atoms in total. The maximum Gasteiger partial charge on any atom is 0.418 e. The Kier molecular flexibility index (Phi) is 3.67. The van der Waals surface area contributed by atoms with Crippen LogP contribution in [0.4, 0.5) is 8.78 Å². The minimum absolute atomic E-state index is 0.396. The zero-order chi connectivity index (χ0) is 13.0. The second-order valence-corrected chi connectivity index (χ2v) is 3.69. The van der Waals surface area contributed by atoms with E-state index in [1.165, 1.54) is 48.9 Å². The SMILES string of the molecule is O=[C]OC(c1ccc(F)cc1)c1cccc(F)c1. The van der Waals surface area contributed by atoms with Crippen molar-refractivity contribution in [1.29, 1.82) is 0 Å². The third-order valence-corrected chi connectivity index (χ3v) is 2.49. The van der Waals surface area contributed by atoms with Gasteiger partial charge in [-0.15, -0.1) is 0 Å². The second-order valence-electron chi connectivity index (χ2n) is 3.69. The summed E-state index contributed by atoms with van der Waals surface area (Å²) >= 11 is 0. The van der Waals surface area contributed by atoms with Gasteiger partial charge in [-0.25, -0.2) is 13.6 Å². The van der Waals surface area contributed by atoms with Gasteiger partial charge in [-0.2, -0.15) is 0 Å². The molecule has 91 valence electrons. The average Bonchev–Trinajstić information content (AvgIpc) is 2.37.